The normalized spacial score (nSPS) is 15.4. The molecule has 4 nitrogen and oxygen atoms in total. The second-order valence-corrected chi connectivity index (χ2v) is 8.57. The number of aromatic nitrogens is 1. The van der Waals surface area contributed by atoms with Gasteiger partial charge in [0.05, 0.1) is 5.52 Å². The minimum Gasteiger partial charge on any atom is -0.339 e. The molecule has 3 aromatic carbocycles. The van der Waals surface area contributed by atoms with E-state index in [0.29, 0.717) is 17.0 Å². The van der Waals surface area contributed by atoms with Crippen molar-refractivity contribution in [3.63, 3.8) is 0 Å². The molecular formula is C27H27N3O. The van der Waals surface area contributed by atoms with Crippen molar-refractivity contribution in [2.24, 2.45) is 0 Å². The first kappa shape index (κ1) is 19.6. The van der Waals surface area contributed by atoms with Crippen LogP contribution in [0.2, 0.25) is 0 Å². The molecule has 0 spiro atoms. The van der Waals surface area contributed by atoms with E-state index in [4.69, 9.17) is 5.84 Å². The maximum absolute atomic E-state index is 13.2. The zero-order chi connectivity index (χ0) is 21.4. The van der Waals surface area contributed by atoms with Gasteiger partial charge in [-0.3, -0.25) is 9.47 Å². The van der Waals surface area contributed by atoms with Crippen molar-refractivity contribution in [3.8, 4) is 11.1 Å². The number of ketones is 1. The van der Waals surface area contributed by atoms with Gasteiger partial charge in [-0.25, -0.2) is 0 Å². The van der Waals surface area contributed by atoms with E-state index in [1.807, 2.05) is 66.9 Å². The number of fused-ring (bicyclic) bond motifs is 1. The second-order valence-electron chi connectivity index (χ2n) is 8.57. The molecule has 0 atom stereocenters. The van der Waals surface area contributed by atoms with E-state index in [0.717, 1.165) is 48.0 Å². The molecular weight excluding hydrogens is 382 g/mol. The van der Waals surface area contributed by atoms with Crippen LogP contribution in [0.1, 0.15) is 40.2 Å². The van der Waals surface area contributed by atoms with E-state index in [9.17, 15) is 4.79 Å². The first-order chi connectivity index (χ1) is 15.1. The third-order valence-electron chi connectivity index (χ3n) is 6.54. The summed E-state index contributed by atoms with van der Waals surface area (Å²) in [6.07, 6.45) is 4.28. The highest BCUT2D eigenvalue weighted by Gasteiger charge is 2.23. The van der Waals surface area contributed by atoms with Crippen LogP contribution in [-0.4, -0.2) is 35.5 Å². The summed E-state index contributed by atoms with van der Waals surface area (Å²) < 4.78 is 1.70. The Kier molecular flexibility index (Phi) is 5.08. The summed E-state index contributed by atoms with van der Waals surface area (Å²) in [5.41, 5.74) is 5.91. The molecule has 1 aliphatic rings. The second kappa shape index (κ2) is 8.05. The van der Waals surface area contributed by atoms with Crippen LogP contribution >= 0.6 is 0 Å². The number of benzene rings is 3. The molecule has 156 valence electrons. The Bertz CT molecular complexity index is 1220. The van der Waals surface area contributed by atoms with Crippen LogP contribution in [0.25, 0.3) is 22.0 Å². The highest BCUT2D eigenvalue weighted by molar-refractivity contribution is 6.11. The van der Waals surface area contributed by atoms with Crippen LogP contribution in [0.5, 0.6) is 0 Å². The lowest BCUT2D eigenvalue weighted by molar-refractivity contribution is 0.103. The van der Waals surface area contributed by atoms with Crippen molar-refractivity contribution in [1.82, 2.24) is 9.58 Å². The summed E-state index contributed by atoms with van der Waals surface area (Å²) in [4.78, 5) is 15.6. The number of nitrogen functional groups attached to an aromatic ring is 1. The van der Waals surface area contributed by atoms with Crippen molar-refractivity contribution in [1.29, 1.82) is 0 Å². The van der Waals surface area contributed by atoms with E-state index < -0.39 is 0 Å². The predicted molar refractivity (Wildman–Crippen MR) is 127 cm³/mol. The number of nitrogens with zero attached hydrogens (tertiary/aromatic N) is 2. The first-order valence-electron chi connectivity index (χ1n) is 10.9. The molecule has 0 amide bonds. The summed E-state index contributed by atoms with van der Waals surface area (Å²) >= 11 is 0. The Hall–Kier alpha value is -3.37. The maximum atomic E-state index is 13.2. The Morgan fingerprint density at radius 2 is 1.52 bits per heavy atom. The standard InChI is InChI=1S/C27H27N3O/c1-29-15-13-21(14-16-29)25-18-30(28)26-12-11-23(17-24(25)26)27(31)22-9-7-20(8-10-22)19-5-3-2-4-6-19/h2-12,17-18,21H,13-16,28H2,1H3. The lowest BCUT2D eigenvalue weighted by Gasteiger charge is -2.28. The van der Waals surface area contributed by atoms with Gasteiger partial charge in [-0.05, 0) is 73.8 Å². The molecule has 1 fully saturated rings. The quantitative estimate of drug-likeness (QED) is 0.378. The van der Waals surface area contributed by atoms with Crippen LogP contribution < -0.4 is 5.84 Å². The van der Waals surface area contributed by atoms with Crippen molar-refractivity contribution in [2.75, 3.05) is 26.0 Å². The molecule has 4 aromatic rings. The lowest BCUT2D eigenvalue weighted by Crippen LogP contribution is -2.29. The summed E-state index contributed by atoms with van der Waals surface area (Å²) in [6, 6.07) is 24.0. The van der Waals surface area contributed by atoms with Gasteiger partial charge in [0.15, 0.2) is 5.78 Å². The lowest BCUT2D eigenvalue weighted by atomic mass is 9.88. The summed E-state index contributed by atoms with van der Waals surface area (Å²) in [5.74, 6) is 6.77. The van der Waals surface area contributed by atoms with Crippen molar-refractivity contribution >= 4 is 16.7 Å². The molecule has 1 aliphatic heterocycles. The molecule has 5 rings (SSSR count). The topological polar surface area (TPSA) is 51.3 Å². The van der Waals surface area contributed by atoms with Crippen LogP contribution in [0, 0.1) is 0 Å². The molecule has 0 unspecified atom stereocenters. The van der Waals surface area contributed by atoms with E-state index in [2.05, 4.69) is 24.1 Å². The van der Waals surface area contributed by atoms with Crippen LogP contribution in [0.15, 0.2) is 79.0 Å². The molecule has 1 aromatic heterocycles. The molecule has 2 N–H and O–H groups in total. The van der Waals surface area contributed by atoms with Gasteiger partial charge in [-0.2, -0.15) is 0 Å². The maximum Gasteiger partial charge on any atom is 0.193 e. The molecule has 0 bridgehead atoms. The highest BCUT2D eigenvalue weighted by atomic mass is 16.1. The van der Waals surface area contributed by atoms with Crippen LogP contribution in [0.4, 0.5) is 0 Å². The Balaban J connectivity index is 1.46. The van der Waals surface area contributed by atoms with Crippen molar-refractivity contribution in [2.45, 2.75) is 18.8 Å². The number of likely N-dealkylation sites (tertiary alicyclic amines) is 1. The fraction of sp³-hybridized carbons (Fsp3) is 0.222. The first-order valence-corrected chi connectivity index (χ1v) is 10.9. The molecule has 0 saturated carbocycles. The summed E-state index contributed by atoms with van der Waals surface area (Å²) in [5, 5.41) is 1.10. The van der Waals surface area contributed by atoms with Crippen molar-refractivity contribution < 1.29 is 4.79 Å². The fourth-order valence-electron chi connectivity index (χ4n) is 4.68. The largest absolute Gasteiger partial charge is 0.339 e. The highest BCUT2D eigenvalue weighted by Crippen LogP contribution is 2.34. The van der Waals surface area contributed by atoms with Crippen molar-refractivity contribution in [3.05, 3.63) is 95.7 Å². The Morgan fingerprint density at radius 3 is 2.23 bits per heavy atom. The minimum absolute atomic E-state index is 0.0422. The molecule has 1 saturated heterocycles. The fourth-order valence-corrected chi connectivity index (χ4v) is 4.68. The third kappa shape index (κ3) is 3.75. The SMILES string of the molecule is CN1CCC(c2cn(N)c3ccc(C(=O)c4ccc(-c5ccccc5)cc4)cc23)CC1. The molecule has 4 heteroatoms. The van der Waals surface area contributed by atoms with Crippen LogP contribution in [0.3, 0.4) is 0 Å². The van der Waals surface area contributed by atoms with Gasteiger partial charge in [0, 0.05) is 22.7 Å². The van der Waals surface area contributed by atoms with Gasteiger partial charge in [0.2, 0.25) is 0 Å². The van der Waals surface area contributed by atoms with E-state index in [-0.39, 0.29) is 5.78 Å². The number of hydrogen-bond donors (Lipinski definition) is 1. The van der Waals surface area contributed by atoms with E-state index in [1.165, 1.54) is 5.56 Å². The minimum atomic E-state index is 0.0422. The van der Waals surface area contributed by atoms with Crippen LogP contribution in [-0.2, 0) is 0 Å². The van der Waals surface area contributed by atoms with E-state index in [1.54, 1.807) is 4.68 Å². The molecule has 2 heterocycles. The number of carbonyl (C=O) groups excluding carboxylic acids is 1. The smallest absolute Gasteiger partial charge is 0.193 e. The van der Waals surface area contributed by atoms with E-state index >= 15 is 0 Å². The zero-order valence-corrected chi connectivity index (χ0v) is 17.8. The van der Waals surface area contributed by atoms with Gasteiger partial charge in [0.1, 0.15) is 0 Å². The Morgan fingerprint density at radius 1 is 0.871 bits per heavy atom. The molecule has 0 radical (unpaired) electrons. The average molecular weight is 410 g/mol. The predicted octanol–water partition coefficient (Wildman–Crippen LogP) is 5.06. The summed E-state index contributed by atoms with van der Waals surface area (Å²) in [7, 11) is 2.17. The Labute approximate surface area is 182 Å². The molecule has 0 aliphatic carbocycles. The van der Waals surface area contributed by atoms with Gasteiger partial charge in [-0.1, -0.05) is 54.6 Å². The number of piperidine rings is 1. The third-order valence-corrected chi connectivity index (χ3v) is 6.54. The van der Waals surface area contributed by atoms with Gasteiger partial charge >= 0.3 is 0 Å². The summed E-state index contributed by atoms with van der Waals surface area (Å²) in [6.45, 7) is 2.18. The number of hydrogen-bond acceptors (Lipinski definition) is 3. The monoisotopic (exact) mass is 409 g/mol. The van der Waals surface area contributed by atoms with Gasteiger partial charge < -0.3 is 10.7 Å². The average Bonchev–Trinajstić information content (AvgIpc) is 3.15. The molecule has 31 heavy (non-hydrogen) atoms. The number of rotatable bonds is 4. The number of carbonyl (C=O) groups is 1. The van der Waals surface area contributed by atoms with Gasteiger partial charge in [0.25, 0.3) is 0 Å². The zero-order valence-electron chi connectivity index (χ0n) is 17.8. The number of nitrogens with two attached hydrogens (primary N) is 1. The van der Waals surface area contributed by atoms with Gasteiger partial charge in [-0.15, -0.1) is 0 Å².